The molecule has 0 spiro atoms. The molecule has 0 aliphatic heterocycles. The van der Waals surface area contributed by atoms with Crippen molar-refractivity contribution in [3.63, 3.8) is 0 Å². The van der Waals surface area contributed by atoms with Crippen LogP contribution in [0.5, 0.6) is 11.5 Å². The lowest BCUT2D eigenvalue weighted by Gasteiger charge is -2.18. The number of carbonyl (C=O) groups is 1. The average Bonchev–Trinajstić information content (AvgIpc) is 3.50. The van der Waals surface area contributed by atoms with Crippen molar-refractivity contribution < 1.29 is 14.3 Å². The van der Waals surface area contributed by atoms with Crippen LogP contribution in [0.3, 0.4) is 0 Å². The van der Waals surface area contributed by atoms with E-state index in [1.807, 2.05) is 4.57 Å². The summed E-state index contributed by atoms with van der Waals surface area (Å²) in [7, 11) is 3.13. The topological polar surface area (TPSA) is 70.4 Å². The van der Waals surface area contributed by atoms with Gasteiger partial charge in [-0.15, -0.1) is 11.3 Å². The summed E-state index contributed by atoms with van der Waals surface area (Å²) in [4.78, 5) is 33.9. The number of nitrogens with zero attached hydrogens (tertiary/aromatic N) is 2. The summed E-state index contributed by atoms with van der Waals surface area (Å²) in [5, 5.41) is 1.49. The predicted molar refractivity (Wildman–Crippen MR) is 133 cm³/mol. The molecule has 3 aromatic rings. The minimum atomic E-state index is -0.0581. The molecule has 2 heterocycles. The number of rotatable bonds is 7. The molecular formula is C25H28N2O4S2. The maximum Gasteiger partial charge on any atom is 0.263 e. The largest absolute Gasteiger partial charge is 0.497 e. The van der Waals surface area contributed by atoms with Crippen molar-refractivity contribution in [3.05, 3.63) is 44.6 Å². The number of carbonyl (C=O) groups excluding carboxylic acids is 1. The highest BCUT2D eigenvalue weighted by Gasteiger charge is 2.27. The Balaban J connectivity index is 1.50. The number of methoxy groups -OCH3 is 2. The first-order valence-electron chi connectivity index (χ1n) is 11.6. The molecule has 2 aliphatic carbocycles. The second kappa shape index (κ2) is 9.50. The fraction of sp³-hybridized carbons (Fsp3) is 0.480. The highest BCUT2D eigenvalue weighted by molar-refractivity contribution is 7.99. The SMILES string of the molecule is COc1ccc(C(=O)CSc2nc3sc4c(c3c(=O)n2C2CCCC2)CCCC4)c(OC)c1. The monoisotopic (exact) mass is 484 g/mol. The lowest BCUT2D eigenvalue weighted by Crippen LogP contribution is -2.27. The van der Waals surface area contributed by atoms with Gasteiger partial charge in [0.1, 0.15) is 16.3 Å². The van der Waals surface area contributed by atoms with Gasteiger partial charge in [-0.25, -0.2) is 4.98 Å². The van der Waals surface area contributed by atoms with Gasteiger partial charge in [0, 0.05) is 17.0 Å². The Labute approximate surface area is 201 Å². The Kier molecular flexibility index (Phi) is 6.47. The van der Waals surface area contributed by atoms with Crippen LogP contribution in [0, 0.1) is 0 Å². The molecule has 8 heteroatoms. The molecule has 5 rings (SSSR count). The molecule has 0 N–H and O–H groups in total. The Hall–Kier alpha value is -2.32. The molecule has 33 heavy (non-hydrogen) atoms. The second-order valence-electron chi connectivity index (χ2n) is 8.68. The van der Waals surface area contributed by atoms with Gasteiger partial charge in [0.05, 0.1) is 30.9 Å². The zero-order chi connectivity index (χ0) is 22.9. The molecular weight excluding hydrogens is 456 g/mol. The second-order valence-corrected chi connectivity index (χ2v) is 10.7. The smallest absolute Gasteiger partial charge is 0.263 e. The number of thiophene rings is 1. The van der Waals surface area contributed by atoms with Crippen LogP contribution in [0.4, 0.5) is 0 Å². The first-order chi connectivity index (χ1) is 16.1. The summed E-state index contributed by atoms with van der Waals surface area (Å²) in [5.41, 5.74) is 1.82. The molecule has 0 atom stereocenters. The van der Waals surface area contributed by atoms with Gasteiger partial charge in [0.25, 0.3) is 5.56 Å². The van der Waals surface area contributed by atoms with Crippen LogP contribution in [0.25, 0.3) is 10.2 Å². The minimum Gasteiger partial charge on any atom is -0.497 e. The zero-order valence-corrected chi connectivity index (χ0v) is 20.7. The normalized spacial score (nSPS) is 16.2. The number of hydrogen-bond acceptors (Lipinski definition) is 7. The number of Topliss-reactive ketones (excluding diaryl/α,β-unsaturated/α-hetero) is 1. The van der Waals surface area contributed by atoms with E-state index in [0.717, 1.165) is 55.2 Å². The first-order valence-corrected chi connectivity index (χ1v) is 13.4. The van der Waals surface area contributed by atoms with Gasteiger partial charge in [-0.1, -0.05) is 24.6 Å². The summed E-state index contributed by atoms with van der Waals surface area (Å²) in [6, 6.07) is 5.37. The number of ether oxygens (including phenoxy) is 2. The van der Waals surface area contributed by atoms with Crippen molar-refractivity contribution in [2.45, 2.75) is 62.6 Å². The summed E-state index contributed by atoms with van der Waals surface area (Å²) in [6.07, 6.45) is 8.57. The van der Waals surface area contributed by atoms with Crippen molar-refractivity contribution in [1.82, 2.24) is 9.55 Å². The first kappa shape index (κ1) is 22.5. The van der Waals surface area contributed by atoms with Gasteiger partial charge in [-0.05, 0) is 56.2 Å². The van der Waals surface area contributed by atoms with E-state index in [-0.39, 0.29) is 23.1 Å². The fourth-order valence-corrected chi connectivity index (χ4v) is 7.27. The lowest BCUT2D eigenvalue weighted by molar-refractivity contribution is 0.101. The third-order valence-electron chi connectivity index (χ3n) is 6.72. The van der Waals surface area contributed by atoms with Crippen molar-refractivity contribution in [2.75, 3.05) is 20.0 Å². The van der Waals surface area contributed by atoms with Gasteiger partial charge in [0.2, 0.25) is 0 Å². The number of hydrogen-bond donors (Lipinski definition) is 0. The number of aryl methyl sites for hydroxylation is 2. The van der Waals surface area contributed by atoms with Gasteiger partial charge >= 0.3 is 0 Å². The molecule has 0 radical (unpaired) electrons. The van der Waals surface area contributed by atoms with Crippen LogP contribution in [0.2, 0.25) is 0 Å². The molecule has 174 valence electrons. The van der Waals surface area contributed by atoms with Gasteiger partial charge in [0.15, 0.2) is 10.9 Å². The average molecular weight is 485 g/mol. The van der Waals surface area contributed by atoms with Crippen LogP contribution < -0.4 is 15.0 Å². The molecule has 1 saturated carbocycles. The van der Waals surface area contributed by atoms with Crippen molar-refractivity contribution in [1.29, 1.82) is 0 Å². The minimum absolute atomic E-state index is 0.0581. The summed E-state index contributed by atoms with van der Waals surface area (Å²) < 4.78 is 12.6. The van der Waals surface area contributed by atoms with Crippen molar-refractivity contribution in [3.8, 4) is 11.5 Å². The summed E-state index contributed by atoms with van der Waals surface area (Å²) >= 11 is 3.03. The highest BCUT2D eigenvalue weighted by Crippen LogP contribution is 2.37. The molecule has 1 aromatic carbocycles. The van der Waals surface area contributed by atoms with E-state index in [9.17, 15) is 9.59 Å². The van der Waals surface area contributed by atoms with Crippen LogP contribution >= 0.6 is 23.1 Å². The van der Waals surface area contributed by atoms with E-state index in [4.69, 9.17) is 14.5 Å². The number of aromatic nitrogens is 2. The fourth-order valence-electron chi connectivity index (χ4n) is 5.02. The Morgan fingerprint density at radius 3 is 2.70 bits per heavy atom. The van der Waals surface area contributed by atoms with Gasteiger partial charge < -0.3 is 9.47 Å². The Morgan fingerprint density at radius 2 is 1.94 bits per heavy atom. The Bertz CT molecular complexity index is 1260. The molecule has 1 fully saturated rings. The van der Waals surface area contributed by atoms with Crippen LogP contribution in [-0.4, -0.2) is 35.3 Å². The number of ketones is 1. The number of fused-ring (bicyclic) bond motifs is 3. The third kappa shape index (κ3) is 4.19. The molecule has 2 aromatic heterocycles. The van der Waals surface area contributed by atoms with E-state index in [1.165, 1.54) is 28.6 Å². The zero-order valence-electron chi connectivity index (χ0n) is 19.0. The van der Waals surface area contributed by atoms with E-state index in [1.54, 1.807) is 43.8 Å². The van der Waals surface area contributed by atoms with E-state index >= 15 is 0 Å². The van der Waals surface area contributed by atoms with E-state index in [2.05, 4.69) is 0 Å². The maximum atomic E-state index is 13.8. The number of thioether (sulfide) groups is 1. The summed E-state index contributed by atoms with van der Waals surface area (Å²) in [5.74, 6) is 1.26. The predicted octanol–water partition coefficient (Wildman–Crippen LogP) is 5.44. The molecule has 0 saturated heterocycles. The van der Waals surface area contributed by atoms with E-state index < -0.39 is 0 Å². The number of benzene rings is 1. The van der Waals surface area contributed by atoms with Crippen LogP contribution in [-0.2, 0) is 12.8 Å². The van der Waals surface area contributed by atoms with Crippen molar-refractivity contribution >= 4 is 39.1 Å². The maximum absolute atomic E-state index is 13.8. The molecule has 0 unspecified atom stereocenters. The van der Waals surface area contributed by atoms with Crippen LogP contribution in [0.15, 0.2) is 28.2 Å². The molecule has 0 amide bonds. The highest BCUT2D eigenvalue weighted by atomic mass is 32.2. The van der Waals surface area contributed by atoms with Gasteiger partial charge in [-0.2, -0.15) is 0 Å². The molecule has 6 nitrogen and oxygen atoms in total. The Morgan fingerprint density at radius 1 is 1.15 bits per heavy atom. The van der Waals surface area contributed by atoms with Crippen molar-refractivity contribution in [2.24, 2.45) is 0 Å². The molecule has 0 bridgehead atoms. The lowest BCUT2D eigenvalue weighted by atomic mass is 9.97. The van der Waals surface area contributed by atoms with Crippen LogP contribution in [0.1, 0.15) is 65.4 Å². The van der Waals surface area contributed by atoms with Gasteiger partial charge in [-0.3, -0.25) is 14.2 Å². The summed E-state index contributed by atoms with van der Waals surface area (Å²) in [6.45, 7) is 0. The third-order valence-corrected chi connectivity index (χ3v) is 8.86. The van der Waals surface area contributed by atoms with E-state index in [0.29, 0.717) is 22.2 Å². The molecule has 2 aliphatic rings. The quantitative estimate of drug-likeness (QED) is 0.253. The standard InChI is InChI=1S/C25H28N2O4S2/c1-30-16-11-12-17(20(13-16)31-2)19(28)14-32-25-26-23-22(18-9-5-6-10-21(18)33-23)24(29)27(25)15-7-3-4-8-15/h11-13,15H,3-10,14H2,1-2H3.